The number of benzene rings is 7. The molecule has 0 unspecified atom stereocenters. The minimum absolute atomic E-state index is 0.0654. The number of furan rings is 2. The second-order valence-electron chi connectivity index (χ2n) is 13.4. The summed E-state index contributed by atoms with van der Waals surface area (Å²) in [5, 5.41) is 6.62. The highest BCUT2D eigenvalue weighted by atomic mass is 16.3. The van der Waals surface area contributed by atoms with E-state index in [1.807, 2.05) is 12.1 Å². The zero-order valence-electron chi connectivity index (χ0n) is 26.6. The van der Waals surface area contributed by atoms with Gasteiger partial charge in [0, 0.05) is 43.6 Å². The Kier molecular flexibility index (Phi) is 6.07. The van der Waals surface area contributed by atoms with Crippen molar-refractivity contribution in [2.45, 2.75) is 26.2 Å². The number of hydrogen-bond donors (Lipinski definition) is 0. The zero-order chi connectivity index (χ0) is 31.7. The molecular weight excluding hydrogens is 574 g/mol. The predicted molar refractivity (Wildman–Crippen MR) is 197 cm³/mol. The molecule has 0 spiro atoms. The molecule has 2 aromatic heterocycles. The van der Waals surface area contributed by atoms with Crippen molar-refractivity contribution >= 4 is 71.7 Å². The molecule has 3 heteroatoms. The second-order valence-corrected chi connectivity index (χ2v) is 13.4. The lowest BCUT2D eigenvalue weighted by Gasteiger charge is -2.27. The van der Waals surface area contributed by atoms with E-state index in [9.17, 15) is 0 Å². The summed E-state index contributed by atoms with van der Waals surface area (Å²) in [5.74, 6) is 0. The van der Waals surface area contributed by atoms with Crippen LogP contribution in [-0.4, -0.2) is 0 Å². The largest absolute Gasteiger partial charge is 0.455 e. The van der Waals surface area contributed by atoms with Crippen LogP contribution in [0.1, 0.15) is 26.3 Å². The maximum atomic E-state index is 6.95. The first-order valence-corrected chi connectivity index (χ1v) is 16.2. The first-order valence-electron chi connectivity index (χ1n) is 16.2. The minimum atomic E-state index is -0.0654. The van der Waals surface area contributed by atoms with Crippen LogP contribution in [0.2, 0.25) is 0 Å². The maximum absolute atomic E-state index is 6.95. The van der Waals surface area contributed by atoms with Gasteiger partial charge in [-0.15, -0.1) is 0 Å². The molecule has 0 N–H and O–H groups in total. The van der Waals surface area contributed by atoms with Gasteiger partial charge in [-0.2, -0.15) is 0 Å². The molecule has 0 bridgehead atoms. The van der Waals surface area contributed by atoms with Gasteiger partial charge in [0.25, 0.3) is 0 Å². The molecule has 0 radical (unpaired) electrons. The number of anilines is 3. The van der Waals surface area contributed by atoms with E-state index in [0.29, 0.717) is 0 Å². The molecule has 0 saturated heterocycles. The Morgan fingerprint density at radius 3 is 1.79 bits per heavy atom. The van der Waals surface area contributed by atoms with Crippen molar-refractivity contribution in [3.8, 4) is 11.1 Å². The lowest BCUT2D eigenvalue weighted by atomic mass is 9.86. The Morgan fingerprint density at radius 1 is 0.426 bits per heavy atom. The van der Waals surface area contributed by atoms with E-state index in [-0.39, 0.29) is 5.41 Å². The van der Waals surface area contributed by atoms with E-state index in [1.54, 1.807) is 0 Å². The van der Waals surface area contributed by atoms with E-state index in [2.05, 4.69) is 159 Å². The SMILES string of the molecule is CC(C)(C)c1cccc2c1oc1c(N(c3ccc(-c4ccccc4)cc3)c3cc4c5ccccc5oc4c4ccccc34)cccc12. The molecule has 0 fully saturated rings. The normalized spacial score (nSPS) is 12.1. The number of hydrogen-bond acceptors (Lipinski definition) is 3. The summed E-state index contributed by atoms with van der Waals surface area (Å²) in [5.41, 5.74) is 10.2. The maximum Gasteiger partial charge on any atom is 0.159 e. The number of fused-ring (bicyclic) bond motifs is 8. The standard InChI is InChI=1S/C44H33NO2/c1-44(2,3)37-20-11-18-34-35-19-12-21-38(43(35)47-42(34)37)45(30-25-23-29(24-26-30)28-13-5-4-6-14-28)39-27-36-32-16-9-10-22-40(32)46-41(36)33-17-8-7-15-31(33)39/h4-27H,1-3H3. The van der Waals surface area contributed by atoms with Crippen LogP contribution in [-0.2, 0) is 5.41 Å². The first-order chi connectivity index (χ1) is 23.0. The van der Waals surface area contributed by atoms with Gasteiger partial charge in [-0.3, -0.25) is 0 Å². The molecule has 226 valence electrons. The summed E-state index contributed by atoms with van der Waals surface area (Å²) < 4.78 is 13.4. The van der Waals surface area contributed by atoms with Crippen molar-refractivity contribution in [2.24, 2.45) is 0 Å². The van der Waals surface area contributed by atoms with Gasteiger partial charge in [-0.25, -0.2) is 0 Å². The summed E-state index contributed by atoms with van der Waals surface area (Å²) in [6, 6.07) is 51.6. The van der Waals surface area contributed by atoms with E-state index < -0.39 is 0 Å². The van der Waals surface area contributed by atoms with Crippen molar-refractivity contribution in [1.82, 2.24) is 0 Å². The van der Waals surface area contributed by atoms with Crippen molar-refractivity contribution < 1.29 is 8.83 Å². The first kappa shape index (κ1) is 27.5. The highest BCUT2D eigenvalue weighted by molar-refractivity contribution is 6.20. The quantitative estimate of drug-likeness (QED) is 0.199. The van der Waals surface area contributed by atoms with Gasteiger partial charge in [0.2, 0.25) is 0 Å². The van der Waals surface area contributed by atoms with Gasteiger partial charge in [-0.1, -0.05) is 136 Å². The Morgan fingerprint density at radius 2 is 1.02 bits per heavy atom. The molecule has 0 saturated carbocycles. The van der Waals surface area contributed by atoms with Gasteiger partial charge < -0.3 is 13.7 Å². The Bertz CT molecular complexity index is 2600. The van der Waals surface area contributed by atoms with Gasteiger partial charge in [0.05, 0.1) is 11.4 Å². The molecule has 0 aliphatic heterocycles. The van der Waals surface area contributed by atoms with Crippen LogP contribution >= 0.6 is 0 Å². The molecule has 3 nitrogen and oxygen atoms in total. The molecule has 47 heavy (non-hydrogen) atoms. The molecular formula is C44H33NO2. The summed E-state index contributed by atoms with van der Waals surface area (Å²) in [6.45, 7) is 6.73. The van der Waals surface area contributed by atoms with Crippen LogP contribution in [0.5, 0.6) is 0 Å². The van der Waals surface area contributed by atoms with E-state index in [4.69, 9.17) is 8.83 Å². The smallest absolute Gasteiger partial charge is 0.159 e. The fourth-order valence-corrected chi connectivity index (χ4v) is 7.13. The number of para-hydroxylation sites is 3. The van der Waals surface area contributed by atoms with Gasteiger partial charge in [0.15, 0.2) is 5.58 Å². The van der Waals surface area contributed by atoms with Crippen LogP contribution in [0, 0.1) is 0 Å². The van der Waals surface area contributed by atoms with Gasteiger partial charge in [-0.05, 0) is 46.9 Å². The molecule has 0 aliphatic rings. The van der Waals surface area contributed by atoms with Crippen molar-refractivity contribution in [3.63, 3.8) is 0 Å². The van der Waals surface area contributed by atoms with Crippen molar-refractivity contribution in [3.05, 3.63) is 151 Å². The van der Waals surface area contributed by atoms with E-state index >= 15 is 0 Å². The fraction of sp³-hybridized carbons (Fsp3) is 0.0909. The molecule has 0 amide bonds. The molecule has 7 aromatic carbocycles. The Labute approximate surface area is 273 Å². The molecule has 9 rings (SSSR count). The molecule has 2 heterocycles. The van der Waals surface area contributed by atoms with E-state index in [1.165, 1.54) is 16.7 Å². The average Bonchev–Trinajstić information content (AvgIpc) is 3.68. The summed E-state index contributed by atoms with van der Waals surface area (Å²) in [4.78, 5) is 2.36. The van der Waals surface area contributed by atoms with Crippen LogP contribution in [0.15, 0.2) is 154 Å². The molecule has 9 aromatic rings. The lowest BCUT2D eigenvalue weighted by Crippen LogP contribution is -2.11. The van der Waals surface area contributed by atoms with Crippen LogP contribution in [0.3, 0.4) is 0 Å². The van der Waals surface area contributed by atoms with Crippen molar-refractivity contribution in [2.75, 3.05) is 4.90 Å². The minimum Gasteiger partial charge on any atom is -0.455 e. The topological polar surface area (TPSA) is 29.5 Å². The average molecular weight is 608 g/mol. The highest BCUT2D eigenvalue weighted by Gasteiger charge is 2.25. The van der Waals surface area contributed by atoms with Gasteiger partial charge in [0.1, 0.15) is 16.7 Å². The van der Waals surface area contributed by atoms with E-state index in [0.717, 1.165) is 71.7 Å². The third-order valence-electron chi connectivity index (χ3n) is 9.39. The predicted octanol–water partition coefficient (Wildman–Crippen LogP) is 13.1. The Balaban J connectivity index is 1.37. The van der Waals surface area contributed by atoms with Crippen molar-refractivity contribution in [1.29, 1.82) is 0 Å². The monoisotopic (exact) mass is 607 g/mol. The number of nitrogens with zero attached hydrogens (tertiary/aromatic N) is 1. The van der Waals surface area contributed by atoms with Crippen LogP contribution in [0.25, 0.3) is 65.8 Å². The highest BCUT2D eigenvalue weighted by Crippen LogP contribution is 2.48. The number of rotatable bonds is 4. The third-order valence-corrected chi connectivity index (χ3v) is 9.39. The van der Waals surface area contributed by atoms with Crippen LogP contribution in [0.4, 0.5) is 17.1 Å². The summed E-state index contributed by atoms with van der Waals surface area (Å²) in [6.07, 6.45) is 0. The second kappa shape index (κ2) is 10.4. The molecule has 0 atom stereocenters. The van der Waals surface area contributed by atoms with Gasteiger partial charge >= 0.3 is 0 Å². The zero-order valence-corrected chi connectivity index (χ0v) is 26.6. The fourth-order valence-electron chi connectivity index (χ4n) is 7.13. The third kappa shape index (κ3) is 4.34. The Hall–Kier alpha value is -5.80. The molecule has 0 aliphatic carbocycles. The lowest BCUT2D eigenvalue weighted by molar-refractivity contribution is 0.573. The summed E-state index contributed by atoms with van der Waals surface area (Å²) >= 11 is 0. The summed E-state index contributed by atoms with van der Waals surface area (Å²) in [7, 11) is 0. The van der Waals surface area contributed by atoms with Crippen LogP contribution < -0.4 is 4.90 Å².